The molecule has 4 rings (SSSR count). The molecule has 0 amide bonds. The van der Waals surface area contributed by atoms with Crippen molar-refractivity contribution in [1.82, 2.24) is 15.2 Å². The Kier molecular flexibility index (Phi) is 4.38. The van der Waals surface area contributed by atoms with Gasteiger partial charge >= 0.3 is 0 Å². The third-order valence-electron chi connectivity index (χ3n) is 4.51. The van der Waals surface area contributed by atoms with E-state index < -0.39 is 0 Å². The molecule has 0 atom stereocenters. The number of hydrogen-bond donors (Lipinski definition) is 1. The number of anilines is 1. The first-order valence-electron chi connectivity index (χ1n) is 8.85. The van der Waals surface area contributed by atoms with Crippen LogP contribution in [0.3, 0.4) is 0 Å². The maximum atomic E-state index is 5.80. The first kappa shape index (κ1) is 16.9. The summed E-state index contributed by atoms with van der Waals surface area (Å²) >= 11 is 0. The van der Waals surface area contributed by atoms with Gasteiger partial charge in [0.05, 0.1) is 0 Å². The highest BCUT2D eigenvalue weighted by atomic mass is 15.2. The maximum Gasteiger partial charge on any atom is 0.182 e. The summed E-state index contributed by atoms with van der Waals surface area (Å²) in [6.07, 6.45) is 0. The number of aryl methyl sites for hydroxylation is 2. The largest absolute Gasteiger partial charge is 0.399 e. The SMILES string of the molecule is Cc1ccc(-c2nnc(-c3ccc(N)cc3)nc2-c2ccc(C)cc2)cc1. The lowest BCUT2D eigenvalue weighted by atomic mass is 10.0. The molecule has 4 aromatic rings. The predicted molar refractivity (Wildman–Crippen MR) is 110 cm³/mol. The Labute approximate surface area is 158 Å². The molecule has 132 valence electrons. The minimum Gasteiger partial charge on any atom is -0.399 e. The van der Waals surface area contributed by atoms with Crippen LogP contribution in [0.2, 0.25) is 0 Å². The molecule has 0 radical (unpaired) electrons. The average molecular weight is 352 g/mol. The zero-order chi connectivity index (χ0) is 18.8. The van der Waals surface area contributed by atoms with Crippen molar-refractivity contribution in [3.63, 3.8) is 0 Å². The second kappa shape index (κ2) is 7.00. The molecule has 0 fully saturated rings. The molecule has 0 unspecified atom stereocenters. The standard InChI is InChI=1S/C23H20N4/c1-15-3-7-17(8-4-15)21-22(18-9-5-16(2)6-10-18)26-27-23(25-21)19-11-13-20(24)14-12-19/h3-14H,24H2,1-2H3. The molecule has 0 aliphatic heterocycles. The Morgan fingerprint density at radius 1 is 0.556 bits per heavy atom. The Balaban J connectivity index is 1.89. The molecular formula is C23H20N4. The Hall–Kier alpha value is -3.53. The number of aromatic nitrogens is 3. The van der Waals surface area contributed by atoms with Crippen LogP contribution in [0, 0.1) is 13.8 Å². The van der Waals surface area contributed by atoms with E-state index >= 15 is 0 Å². The summed E-state index contributed by atoms with van der Waals surface area (Å²) in [7, 11) is 0. The van der Waals surface area contributed by atoms with E-state index in [2.05, 4.69) is 72.6 Å². The first-order valence-corrected chi connectivity index (χ1v) is 8.85. The highest BCUT2D eigenvalue weighted by Gasteiger charge is 2.14. The van der Waals surface area contributed by atoms with Crippen LogP contribution in [-0.2, 0) is 0 Å². The number of nitrogen functional groups attached to an aromatic ring is 1. The fourth-order valence-corrected chi connectivity index (χ4v) is 2.90. The first-order chi connectivity index (χ1) is 13.1. The molecule has 2 N–H and O–H groups in total. The number of hydrogen-bond acceptors (Lipinski definition) is 4. The number of benzene rings is 3. The minimum absolute atomic E-state index is 0.585. The van der Waals surface area contributed by atoms with Gasteiger partial charge < -0.3 is 5.73 Å². The molecule has 1 aromatic heterocycles. The third kappa shape index (κ3) is 3.55. The molecule has 0 saturated carbocycles. The van der Waals surface area contributed by atoms with Gasteiger partial charge in [0.1, 0.15) is 11.4 Å². The van der Waals surface area contributed by atoms with Crippen LogP contribution >= 0.6 is 0 Å². The van der Waals surface area contributed by atoms with E-state index in [1.165, 1.54) is 11.1 Å². The summed E-state index contributed by atoms with van der Waals surface area (Å²) in [5.74, 6) is 0.585. The summed E-state index contributed by atoms with van der Waals surface area (Å²) in [6, 6.07) is 24.1. The highest BCUT2D eigenvalue weighted by molar-refractivity contribution is 5.79. The second-order valence-electron chi connectivity index (χ2n) is 6.69. The van der Waals surface area contributed by atoms with E-state index in [9.17, 15) is 0 Å². The number of rotatable bonds is 3. The monoisotopic (exact) mass is 352 g/mol. The van der Waals surface area contributed by atoms with Gasteiger partial charge in [0, 0.05) is 22.4 Å². The van der Waals surface area contributed by atoms with Crippen molar-refractivity contribution in [2.75, 3.05) is 5.73 Å². The maximum absolute atomic E-state index is 5.80. The van der Waals surface area contributed by atoms with Crippen LogP contribution in [0.1, 0.15) is 11.1 Å². The van der Waals surface area contributed by atoms with Gasteiger partial charge in [0.15, 0.2) is 5.82 Å². The minimum atomic E-state index is 0.585. The molecule has 1 heterocycles. The molecule has 27 heavy (non-hydrogen) atoms. The zero-order valence-electron chi connectivity index (χ0n) is 15.3. The third-order valence-corrected chi connectivity index (χ3v) is 4.51. The molecule has 4 heteroatoms. The Morgan fingerprint density at radius 3 is 1.59 bits per heavy atom. The van der Waals surface area contributed by atoms with Gasteiger partial charge in [-0.25, -0.2) is 4.98 Å². The number of nitrogens with zero attached hydrogens (tertiary/aromatic N) is 3. The molecule has 3 aromatic carbocycles. The smallest absolute Gasteiger partial charge is 0.182 e. The quantitative estimate of drug-likeness (QED) is 0.523. The summed E-state index contributed by atoms with van der Waals surface area (Å²) in [5.41, 5.74) is 13.4. The van der Waals surface area contributed by atoms with Gasteiger partial charge in [0.25, 0.3) is 0 Å². The zero-order valence-corrected chi connectivity index (χ0v) is 15.3. The Morgan fingerprint density at radius 2 is 1.04 bits per heavy atom. The lowest BCUT2D eigenvalue weighted by molar-refractivity contribution is 0.991. The summed E-state index contributed by atoms with van der Waals surface area (Å²) < 4.78 is 0. The van der Waals surface area contributed by atoms with Crippen molar-refractivity contribution in [3.05, 3.63) is 83.9 Å². The molecular weight excluding hydrogens is 332 g/mol. The second-order valence-corrected chi connectivity index (χ2v) is 6.69. The van der Waals surface area contributed by atoms with Crippen LogP contribution in [0.4, 0.5) is 5.69 Å². The molecule has 0 aliphatic rings. The van der Waals surface area contributed by atoms with Gasteiger partial charge in [-0.1, -0.05) is 59.7 Å². The van der Waals surface area contributed by atoms with Gasteiger partial charge in [-0.15, -0.1) is 10.2 Å². The fraction of sp³-hybridized carbons (Fsp3) is 0.0870. The van der Waals surface area contributed by atoms with Crippen LogP contribution in [0.25, 0.3) is 33.9 Å². The predicted octanol–water partition coefficient (Wildman–Crippen LogP) is 5.07. The van der Waals surface area contributed by atoms with Gasteiger partial charge in [0.2, 0.25) is 0 Å². The van der Waals surface area contributed by atoms with Crippen molar-refractivity contribution in [1.29, 1.82) is 0 Å². The van der Waals surface area contributed by atoms with E-state index in [-0.39, 0.29) is 0 Å². The van der Waals surface area contributed by atoms with Crippen LogP contribution < -0.4 is 5.73 Å². The van der Waals surface area contributed by atoms with Crippen LogP contribution in [0.15, 0.2) is 72.8 Å². The number of nitrogens with two attached hydrogens (primary N) is 1. The normalized spacial score (nSPS) is 10.7. The van der Waals surface area contributed by atoms with Gasteiger partial charge in [-0.3, -0.25) is 0 Å². The van der Waals surface area contributed by atoms with Crippen molar-refractivity contribution in [3.8, 4) is 33.9 Å². The van der Waals surface area contributed by atoms with Crippen molar-refractivity contribution in [2.45, 2.75) is 13.8 Å². The molecule has 0 saturated heterocycles. The van der Waals surface area contributed by atoms with E-state index in [1.807, 2.05) is 24.3 Å². The fourth-order valence-electron chi connectivity index (χ4n) is 2.90. The van der Waals surface area contributed by atoms with E-state index in [0.29, 0.717) is 11.5 Å². The summed E-state index contributed by atoms with van der Waals surface area (Å²) in [4.78, 5) is 4.86. The van der Waals surface area contributed by atoms with E-state index in [4.69, 9.17) is 10.7 Å². The lowest BCUT2D eigenvalue weighted by Gasteiger charge is -2.10. The van der Waals surface area contributed by atoms with Crippen LogP contribution in [-0.4, -0.2) is 15.2 Å². The summed E-state index contributed by atoms with van der Waals surface area (Å²) in [5, 5.41) is 8.91. The van der Waals surface area contributed by atoms with Crippen molar-refractivity contribution < 1.29 is 0 Å². The highest BCUT2D eigenvalue weighted by Crippen LogP contribution is 2.30. The van der Waals surface area contributed by atoms with Crippen LogP contribution in [0.5, 0.6) is 0 Å². The molecule has 0 spiro atoms. The van der Waals surface area contributed by atoms with Gasteiger partial charge in [-0.2, -0.15) is 0 Å². The molecule has 0 aliphatic carbocycles. The Bertz CT molecular complexity index is 1070. The van der Waals surface area contributed by atoms with E-state index in [1.54, 1.807) is 0 Å². The van der Waals surface area contributed by atoms with Crippen molar-refractivity contribution >= 4 is 5.69 Å². The van der Waals surface area contributed by atoms with E-state index in [0.717, 1.165) is 28.1 Å². The summed E-state index contributed by atoms with van der Waals surface area (Å²) in [6.45, 7) is 4.14. The van der Waals surface area contributed by atoms with Crippen molar-refractivity contribution in [2.24, 2.45) is 0 Å². The topological polar surface area (TPSA) is 64.7 Å². The average Bonchev–Trinajstić information content (AvgIpc) is 2.69. The molecule has 0 bridgehead atoms. The molecule has 4 nitrogen and oxygen atoms in total. The lowest BCUT2D eigenvalue weighted by Crippen LogP contribution is -2.00. The van der Waals surface area contributed by atoms with Gasteiger partial charge in [-0.05, 0) is 38.1 Å².